The summed E-state index contributed by atoms with van der Waals surface area (Å²) in [6.07, 6.45) is 1.63. The number of amides is 2. The highest BCUT2D eigenvalue weighted by Crippen LogP contribution is 2.23. The van der Waals surface area contributed by atoms with Crippen molar-refractivity contribution in [1.29, 1.82) is 0 Å². The summed E-state index contributed by atoms with van der Waals surface area (Å²) in [4.78, 5) is 26.9. The molecule has 0 aromatic heterocycles. The smallest absolute Gasteiger partial charge is 0.242 e. The Morgan fingerprint density at radius 1 is 1.06 bits per heavy atom. The number of carbonyl (C=O) groups excluding carboxylic acids is 2. The molecule has 7 nitrogen and oxygen atoms in total. The highest BCUT2D eigenvalue weighted by atomic mass is 32.2. The fraction of sp³-hybridized carbons (Fsp3) is 0.417. The van der Waals surface area contributed by atoms with E-state index in [1.165, 1.54) is 10.6 Å². The van der Waals surface area contributed by atoms with Gasteiger partial charge in [-0.3, -0.25) is 13.9 Å². The van der Waals surface area contributed by atoms with Crippen molar-refractivity contribution >= 4 is 27.5 Å². The lowest BCUT2D eigenvalue weighted by Gasteiger charge is -2.29. The number of nitrogens with zero attached hydrogens (tertiary/aromatic N) is 2. The predicted molar refractivity (Wildman–Crippen MR) is 128 cm³/mol. The topological polar surface area (TPSA) is 86.8 Å². The number of rotatable bonds is 10. The molecule has 0 radical (unpaired) electrons. The number of aryl methyl sites for hydroxylation is 2. The van der Waals surface area contributed by atoms with Crippen LogP contribution < -0.4 is 9.62 Å². The molecule has 0 aliphatic rings. The summed E-state index contributed by atoms with van der Waals surface area (Å²) in [5, 5.41) is 2.60. The lowest BCUT2D eigenvalue weighted by atomic mass is 10.1. The fourth-order valence-corrected chi connectivity index (χ4v) is 4.65. The Morgan fingerprint density at radius 3 is 2.34 bits per heavy atom. The largest absolute Gasteiger partial charge is 0.357 e. The summed E-state index contributed by atoms with van der Waals surface area (Å²) in [5.74, 6) is -0.440. The van der Waals surface area contributed by atoms with Gasteiger partial charge in [0.2, 0.25) is 21.8 Å². The zero-order valence-electron chi connectivity index (χ0n) is 19.5. The number of likely N-dealkylation sites (N-methyl/N-ethyl adjacent to an activating group) is 1. The summed E-state index contributed by atoms with van der Waals surface area (Å²) in [6.45, 7) is 6.02. The molecule has 0 fully saturated rings. The molecule has 174 valence electrons. The molecule has 8 heteroatoms. The van der Waals surface area contributed by atoms with Gasteiger partial charge >= 0.3 is 0 Å². The lowest BCUT2D eigenvalue weighted by molar-refractivity contribution is -0.140. The first kappa shape index (κ1) is 25.4. The molecule has 1 unspecified atom stereocenters. The van der Waals surface area contributed by atoms with Crippen molar-refractivity contribution in [3.05, 3.63) is 65.2 Å². The lowest BCUT2D eigenvalue weighted by Crippen LogP contribution is -2.46. The van der Waals surface area contributed by atoms with E-state index in [4.69, 9.17) is 0 Å². The van der Waals surface area contributed by atoms with Gasteiger partial charge < -0.3 is 10.2 Å². The standard InChI is InChI=1S/C24H33N3O4S/c1-18-10-8-12-21(16-18)17-26(20(3)24(29)25-4)23(28)14-9-15-27(32(5,30)31)22-13-7-6-11-19(22)2/h6-8,10-13,16,20H,9,14-15,17H2,1-5H3,(H,25,29). The minimum Gasteiger partial charge on any atom is -0.357 e. The van der Waals surface area contributed by atoms with Crippen LogP contribution in [0.4, 0.5) is 5.69 Å². The maximum absolute atomic E-state index is 13.1. The molecule has 0 heterocycles. The molecule has 0 saturated carbocycles. The summed E-state index contributed by atoms with van der Waals surface area (Å²) in [6, 6.07) is 14.4. The number of sulfonamides is 1. The second-order valence-electron chi connectivity index (χ2n) is 8.03. The van der Waals surface area contributed by atoms with Crippen LogP contribution in [-0.2, 0) is 26.2 Å². The summed E-state index contributed by atoms with van der Waals surface area (Å²) >= 11 is 0. The number of nitrogens with one attached hydrogen (secondary N) is 1. The van der Waals surface area contributed by atoms with Crippen molar-refractivity contribution < 1.29 is 18.0 Å². The van der Waals surface area contributed by atoms with Crippen LogP contribution in [0.3, 0.4) is 0 Å². The average Bonchev–Trinajstić information content (AvgIpc) is 2.74. The van der Waals surface area contributed by atoms with Crippen LogP contribution in [0, 0.1) is 13.8 Å². The van der Waals surface area contributed by atoms with Gasteiger partial charge in [-0.25, -0.2) is 8.42 Å². The second-order valence-corrected chi connectivity index (χ2v) is 9.93. The third-order valence-corrected chi connectivity index (χ3v) is 6.57. The minimum atomic E-state index is -3.50. The van der Waals surface area contributed by atoms with E-state index in [1.54, 1.807) is 31.0 Å². The molecular formula is C24H33N3O4S. The van der Waals surface area contributed by atoms with E-state index in [0.717, 1.165) is 16.7 Å². The van der Waals surface area contributed by atoms with E-state index in [0.29, 0.717) is 18.7 Å². The number of hydrogen-bond acceptors (Lipinski definition) is 4. The third kappa shape index (κ3) is 6.82. The molecule has 0 bridgehead atoms. The first-order valence-electron chi connectivity index (χ1n) is 10.6. The van der Waals surface area contributed by atoms with Crippen molar-refractivity contribution in [3.63, 3.8) is 0 Å². The molecule has 32 heavy (non-hydrogen) atoms. The fourth-order valence-electron chi connectivity index (χ4n) is 3.62. The van der Waals surface area contributed by atoms with Crippen LogP contribution in [0.2, 0.25) is 0 Å². The van der Waals surface area contributed by atoms with E-state index in [2.05, 4.69) is 5.32 Å². The summed E-state index contributed by atoms with van der Waals surface area (Å²) in [7, 11) is -1.96. The van der Waals surface area contributed by atoms with E-state index >= 15 is 0 Å². The number of anilines is 1. The van der Waals surface area contributed by atoms with E-state index in [9.17, 15) is 18.0 Å². The van der Waals surface area contributed by atoms with E-state index in [-0.39, 0.29) is 24.8 Å². The van der Waals surface area contributed by atoms with Crippen LogP contribution in [0.15, 0.2) is 48.5 Å². The first-order valence-corrected chi connectivity index (χ1v) is 12.5. The van der Waals surface area contributed by atoms with Crippen molar-refractivity contribution in [1.82, 2.24) is 10.2 Å². The molecule has 2 aromatic rings. The molecule has 0 aliphatic heterocycles. The van der Waals surface area contributed by atoms with Crippen molar-refractivity contribution in [3.8, 4) is 0 Å². The van der Waals surface area contributed by atoms with Crippen LogP contribution in [0.1, 0.15) is 36.5 Å². The van der Waals surface area contributed by atoms with Crippen molar-refractivity contribution in [2.24, 2.45) is 0 Å². The Labute approximate surface area is 191 Å². The molecule has 2 amide bonds. The van der Waals surface area contributed by atoms with Crippen LogP contribution in [0.25, 0.3) is 0 Å². The minimum absolute atomic E-state index is 0.130. The molecule has 1 N–H and O–H groups in total. The van der Waals surface area contributed by atoms with E-state index in [1.807, 2.05) is 50.2 Å². The SMILES string of the molecule is CNC(=O)C(C)N(Cc1cccc(C)c1)C(=O)CCCN(c1ccccc1C)S(C)(=O)=O. The first-order chi connectivity index (χ1) is 15.0. The van der Waals surface area contributed by atoms with Gasteiger partial charge in [-0.05, 0) is 44.4 Å². The maximum atomic E-state index is 13.1. The normalized spacial score (nSPS) is 12.2. The third-order valence-electron chi connectivity index (χ3n) is 5.39. The quantitative estimate of drug-likeness (QED) is 0.592. The van der Waals surface area contributed by atoms with Crippen molar-refractivity contribution in [2.75, 3.05) is 24.2 Å². The molecule has 2 aromatic carbocycles. The molecular weight excluding hydrogens is 426 g/mol. The van der Waals surface area contributed by atoms with Gasteiger partial charge in [0.25, 0.3) is 0 Å². The monoisotopic (exact) mass is 459 g/mol. The van der Waals surface area contributed by atoms with Gasteiger partial charge in [-0.15, -0.1) is 0 Å². The highest BCUT2D eigenvalue weighted by molar-refractivity contribution is 7.92. The second kappa shape index (κ2) is 11.1. The van der Waals surface area contributed by atoms with Gasteiger partial charge in [-0.2, -0.15) is 0 Å². The molecule has 0 aliphatic carbocycles. The van der Waals surface area contributed by atoms with Gasteiger partial charge in [0.05, 0.1) is 11.9 Å². The van der Waals surface area contributed by atoms with Crippen LogP contribution in [0.5, 0.6) is 0 Å². The predicted octanol–water partition coefficient (Wildman–Crippen LogP) is 3.01. The molecule has 0 saturated heterocycles. The number of benzene rings is 2. The Balaban J connectivity index is 2.15. The number of para-hydroxylation sites is 1. The Morgan fingerprint density at radius 2 is 1.75 bits per heavy atom. The van der Waals surface area contributed by atoms with Crippen molar-refractivity contribution in [2.45, 2.75) is 46.2 Å². The van der Waals surface area contributed by atoms with Gasteiger partial charge in [0.1, 0.15) is 6.04 Å². The number of carbonyl (C=O) groups is 2. The highest BCUT2D eigenvalue weighted by Gasteiger charge is 2.26. The van der Waals surface area contributed by atoms with Gasteiger partial charge in [0, 0.05) is 26.6 Å². The summed E-state index contributed by atoms with van der Waals surface area (Å²) < 4.78 is 26.1. The maximum Gasteiger partial charge on any atom is 0.242 e. The van der Waals surface area contributed by atoms with Crippen LogP contribution >= 0.6 is 0 Å². The van der Waals surface area contributed by atoms with Gasteiger partial charge in [-0.1, -0.05) is 48.0 Å². The van der Waals surface area contributed by atoms with Crippen LogP contribution in [-0.4, -0.2) is 51.0 Å². The zero-order valence-corrected chi connectivity index (χ0v) is 20.3. The zero-order chi connectivity index (χ0) is 23.9. The van der Waals surface area contributed by atoms with E-state index < -0.39 is 16.1 Å². The molecule has 1 atom stereocenters. The Bertz CT molecular complexity index is 1050. The summed E-state index contributed by atoms with van der Waals surface area (Å²) in [5.41, 5.74) is 3.47. The van der Waals surface area contributed by atoms with Gasteiger partial charge in [0.15, 0.2) is 0 Å². The average molecular weight is 460 g/mol. The Kier molecular flexibility index (Phi) is 8.83. The Hall–Kier alpha value is -2.87. The molecule has 2 rings (SSSR count). The number of hydrogen-bond donors (Lipinski definition) is 1. The molecule has 0 spiro atoms.